The van der Waals surface area contributed by atoms with Gasteiger partial charge in [0.2, 0.25) is 5.91 Å². The Morgan fingerprint density at radius 2 is 2.14 bits per heavy atom. The van der Waals surface area contributed by atoms with Gasteiger partial charge in [0.05, 0.1) is 25.4 Å². The average molecular weight is 295 g/mol. The average Bonchev–Trinajstić information content (AvgIpc) is 2.38. The molecule has 1 unspecified atom stereocenters. The summed E-state index contributed by atoms with van der Waals surface area (Å²) in [6.45, 7) is 4.41. The number of nitrogens with zero attached hydrogens (tertiary/aromatic N) is 1. The Morgan fingerprint density at radius 3 is 2.62 bits per heavy atom. The largest absolute Gasteiger partial charge is 0.495 e. The Morgan fingerprint density at radius 1 is 1.48 bits per heavy atom. The molecule has 6 nitrogen and oxygen atoms in total. The van der Waals surface area contributed by atoms with E-state index in [4.69, 9.17) is 15.6 Å². The number of carbonyl (C=O) groups is 1. The van der Waals surface area contributed by atoms with Crippen LogP contribution < -0.4 is 15.8 Å². The molecule has 118 valence electrons. The van der Waals surface area contributed by atoms with Gasteiger partial charge in [-0.1, -0.05) is 13.8 Å². The predicted octanol–water partition coefficient (Wildman–Crippen LogP) is 1.16. The first-order chi connectivity index (χ1) is 9.90. The Kier molecular flexibility index (Phi) is 6.45. The standard InChI is InChI=1S/C15H25N3O3/c1-10(2)14(18(3)7-8-19)15(20)17-11-5-6-13(21-4)12(16)9-11/h5-6,9-10,14,19H,7-8,16H2,1-4H3,(H,17,20). The van der Waals surface area contributed by atoms with Crippen LogP contribution in [-0.4, -0.2) is 49.3 Å². The van der Waals surface area contributed by atoms with Crippen molar-refractivity contribution in [3.05, 3.63) is 18.2 Å². The molecular weight excluding hydrogens is 270 g/mol. The van der Waals surface area contributed by atoms with Gasteiger partial charge in [-0.15, -0.1) is 0 Å². The molecular formula is C15H25N3O3. The zero-order valence-corrected chi connectivity index (χ0v) is 13.1. The number of amides is 1. The minimum absolute atomic E-state index is 0.0164. The second-order valence-electron chi connectivity index (χ2n) is 5.34. The van der Waals surface area contributed by atoms with Gasteiger partial charge in [-0.05, 0) is 31.2 Å². The number of nitrogens with two attached hydrogens (primary N) is 1. The van der Waals surface area contributed by atoms with E-state index in [1.807, 2.05) is 25.8 Å². The molecule has 0 fully saturated rings. The van der Waals surface area contributed by atoms with E-state index in [0.717, 1.165) is 0 Å². The third-order valence-electron chi connectivity index (χ3n) is 3.32. The summed E-state index contributed by atoms with van der Waals surface area (Å²) >= 11 is 0. The summed E-state index contributed by atoms with van der Waals surface area (Å²) in [5, 5.41) is 11.9. The number of benzene rings is 1. The second-order valence-corrected chi connectivity index (χ2v) is 5.34. The topological polar surface area (TPSA) is 87.8 Å². The van der Waals surface area contributed by atoms with E-state index in [-0.39, 0.29) is 24.5 Å². The molecule has 0 aliphatic heterocycles. The molecule has 4 N–H and O–H groups in total. The van der Waals surface area contributed by atoms with Gasteiger partial charge in [0.15, 0.2) is 0 Å². The van der Waals surface area contributed by atoms with E-state index in [9.17, 15) is 4.79 Å². The normalized spacial score (nSPS) is 12.5. The van der Waals surface area contributed by atoms with Gasteiger partial charge in [0.1, 0.15) is 5.75 Å². The summed E-state index contributed by atoms with van der Waals surface area (Å²) in [7, 11) is 3.37. The van der Waals surface area contributed by atoms with Gasteiger partial charge in [-0.2, -0.15) is 0 Å². The molecule has 1 atom stereocenters. The van der Waals surface area contributed by atoms with Gasteiger partial charge in [-0.3, -0.25) is 9.69 Å². The number of aliphatic hydroxyl groups excluding tert-OH is 1. The highest BCUT2D eigenvalue weighted by molar-refractivity contribution is 5.95. The lowest BCUT2D eigenvalue weighted by atomic mass is 10.0. The highest BCUT2D eigenvalue weighted by atomic mass is 16.5. The van der Waals surface area contributed by atoms with Crippen molar-refractivity contribution in [2.45, 2.75) is 19.9 Å². The van der Waals surface area contributed by atoms with Crippen LogP contribution in [0.15, 0.2) is 18.2 Å². The number of anilines is 2. The van der Waals surface area contributed by atoms with Crippen molar-refractivity contribution >= 4 is 17.3 Å². The first-order valence-electron chi connectivity index (χ1n) is 6.96. The summed E-state index contributed by atoms with van der Waals surface area (Å²) < 4.78 is 5.09. The highest BCUT2D eigenvalue weighted by Gasteiger charge is 2.26. The Hall–Kier alpha value is -1.79. The molecule has 0 aromatic heterocycles. The van der Waals surface area contributed by atoms with Gasteiger partial charge in [0.25, 0.3) is 0 Å². The third kappa shape index (κ3) is 4.61. The first kappa shape index (κ1) is 17.3. The van der Waals surface area contributed by atoms with E-state index in [1.165, 1.54) is 0 Å². The van der Waals surface area contributed by atoms with Crippen LogP contribution in [0.4, 0.5) is 11.4 Å². The summed E-state index contributed by atoms with van der Waals surface area (Å²) in [5.74, 6) is 0.577. The van der Waals surface area contributed by atoms with Crippen molar-refractivity contribution in [3.8, 4) is 5.75 Å². The molecule has 0 aliphatic carbocycles. The van der Waals surface area contributed by atoms with Gasteiger partial charge in [-0.25, -0.2) is 0 Å². The minimum Gasteiger partial charge on any atom is -0.495 e. The molecule has 0 radical (unpaired) electrons. The fourth-order valence-corrected chi connectivity index (χ4v) is 2.34. The maximum atomic E-state index is 12.4. The Balaban J connectivity index is 2.84. The summed E-state index contributed by atoms with van der Waals surface area (Å²) in [4.78, 5) is 14.3. The number of methoxy groups -OCH3 is 1. The molecule has 0 saturated carbocycles. The lowest BCUT2D eigenvalue weighted by Gasteiger charge is -2.29. The van der Waals surface area contributed by atoms with Crippen LogP contribution in [0.25, 0.3) is 0 Å². The van der Waals surface area contributed by atoms with Crippen LogP contribution in [0.2, 0.25) is 0 Å². The maximum Gasteiger partial charge on any atom is 0.241 e. The monoisotopic (exact) mass is 295 g/mol. The number of ether oxygens (including phenoxy) is 1. The number of likely N-dealkylation sites (N-methyl/N-ethyl adjacent to an activating group) is 1. The van der Waals surface area contributed by atoms with Crippen molar-refractivity contribution in [2.75, 3.05) is 38.4 Å². The number of hydrogen-bond donors (Lipinski definition) is 3. The van der Waals surface area contributed by atoms with Crippen molar-refractivity contribution in [2.24, 2.45) is 5.92 Å². The summed E-state index contributed by atoms with van der Waals surface area (Å²) in [6.07, 6.45) is 0. The number of carbonyl (C=O) groups excluding carboxylic acids is 1. The first-order valence-corrected chi connectivity index (χ1v) is 6.96. The minimum atomic E-state index is -0.319. The number of hydrogen-bond acceptors (Lipinski definition) is 5. The SMILES string of the molecule is COc1ccc(NC(=O)C(C(C)C)N(C)CCO)cc1N. The smallest absolute Gasteiger partial charge is 0.241 e. The van der Waals surface area contributed by atoms with Gasteiger partial charge < -0.3 is 20.9 Å². The molecule has 1 rings (SSSR count). The van der Waals surface area contributed by atoms with E-state index in [2.05, 4.69) is 5.32 Å². The van der Waals surface area contributed by atoms with Crippen LogP contribution in [0.1, 0.15) is 13.8 Å². The van der Waals surface area contributed by atoms with Crippen molar-refractivity contribution in [3.63, 3.8) is 0 Å². The van der Waals surface area contributed by atoms with E-state index in [0.29, 0.717) is 23.7 Å². The van der Waals surface area contributed by atoms with Crippen molar-refractivity contribution < 1.29 is 14.6 Å². The summed E-state index contributed by atoms with van der Waals surface area (Å²) in [5.41, 5.74) is 6.93. The van der Waals surface area contributed by atoms with E-state index < -0.39 is 0 Å². The Bertz CT molecular complexity index is 477. The van der Waals surface area contributed by atoms with Crippen molar-refractivity contribution in [1.29, 1.82) is 0 Å². The molecule has 6 heteroatoms. The van der Waals surface area contributed by atoms with Crippen LogP contribution in [-0.2, 0) is 4.79 Å². The van der Waals surface area contributed by atoms with Crippen LogP contribution in [0.3, 0.4) is 0 Å². The van der Waals surface area contributed by atoms with E-state index >= 15 is 0 Å². The molecule has 1 amide bonds. The number of rotatable bonds is 7. The molecule has 0 heterocycles. The molecule has 0 aliphatic rings. The van der Waals surface area contributed by atoms with Gasteiger partial charge >= 0.3 is 0 Å². The number of nitrogen functional groups attached to an aromatic ring is 1. The highest BCUT2D eigenvalue weighted by Crippen LogP contribution is 2.25. The zero-order chi connectivity index (χ0) is 16.0. The third-order valence-corrected chi connectivity index (χ3v) is 3.32. The lowest BCUT2D eigenvalue weighted by molar-refractivity contribution is -0.122. The quantitative estimate of drug-likeness (QED) is 0.657. The maximum absolute atomic E-state index is 12.4. The van der Waals surface area contributed by atoms with Crippen LogP contribution in [0.5, 0.6) is 5.75 Å². The van der Waals surface area contributed by atoms with E-state index in [1.54, 1.807) is 25.3 Å². The number of nitrogens with one attached hydrogen (secondary N) is 1. The molecule has 21 heavy (non-hydrogen) atoms. The number of aliphatic hydroxyl groups is 1. The fraction of sp³-hybridized carbons (Fsp3) is 0.533. The van der Waals surface area contributed by atoms with Crippen LogP contribution in [0, 0.1) is 5.92 Å². The van der Waals surface area contributed by atoms with Crippen molar-refractivity contribution in [1.82, 2.24) is 4.90 Å². The predicted molar refractivity (Wildman–Crippen MR) is 84.4 cm³/mol. The molecule has 1 aromatic carbocycles. The second kappa shape index (κ2) is 7.85. The fourth-order valence-electron chi connectivity index (χ4n) is 2.34. The van der Waals surface area contributed by atoms with Gasteiger partial charge in [0, 0.05) is 12.2 Å². The molecule has 0 spiro atoms. The molecule has 0 saturated heterocycles. The molecule has 0 bridgehead atoms. The lowest BCUT2D eigenvalue weighted by Crippen LogP contribution is -2.46. The summed E-state index contributed by atoms with van der Waals surface area (Å²) in [6, 6.07) is 4.81. The van der Waals surface area contributed by atoms with Crippen LogP contribution >= 0.6 is 0 Å². The Labute approximate surface area is 125 Å². The molecule has 1 aromatic rings. The zero-order valence-electron chi connectivity index (χ0n) is 13.1.